The van der Waals surface area contributed by atoms with Crippen molar-refractivity contribution in [2.45, 2.75) is 35.5 Å². The molecule has 1 saturated carbocycles. The first kappa shape index (κ1) is 21.6. The Morgan fingerprint density at radius 3 is 2.67 bits per heavy atom. The zero-order chi connectivity index (χ0) is 21.7. The predicted molar refractivity (Wildman–Crippen MR) is 118 cm³/mol. The summed E-state index contributed by atoms with van der Waals surface area (Å²) >= 11 is 1.17. The normalized spacial score (nSPS) is 13.9. The first-order chi connectivity index (χ1) is 14.5. The van der Waals surface area contributed by atoms with Gasteiger partial charge in [0.1, 0.15) is 22.2 Å². The van der Waals surface area contributed by atoms with Crippen LogP contribution < -0.4 is 16.4 Å². The highest BCUT2D eigenvalue weighted by Crippen LogP contribution is 2.51. The van der Waals surface area contributed by atoms with Crippen LogP contribution in [0.25, 0.3) is 4.85 Å². The number of thioether (sulfide) groups is 1. The van der Waals surface area contributed by atoms with Gasteiger partial charge >= 0.3 is 0 Å². The summed E-state index contributed by atoms with van der Waals surface area (Å²) in [6, 6.07) is 11.5. The zero-order valence-electron chi connectivity index (χ0n) is 16.8. The number of hydrogen-bond acceptors (Lipinski definition) is 6. The van der Waals surface area contributed by atoms with Crippen molar-refractivity contribution in [2.24, 2.45) is 11.5 Å². The monoisotopic (exact) mass is 420 g/mol. The van der Waals surface area contributed by atoms with Crippen molar-refractivity contribution in [3.05, 3.63) is 58.4 Å². The van der Waals surface area contributed by atoms with Gasteiger partial charge in [-0.3, -0.25) is 4.79 Å². The molecule has 2 aromatic rings. The zero-order valence-corrected chi connectivity index (χ0v) is 17.7. The van der Waals surface area contributed by atoms with E-state index in [9.17, 15) is 10.1 Å². The maximum absolute atomic E-state index is 12.2. The second-order valence-corrected chi connectivity index (χ2v) is 8.34. The minimum absolute atomic E-state index is 0.177. The minimum atomic E-state index is -0.682. The molecule has 1 aliphatic carbocycles. The number of carbonyl (C=O) groups excluding carboxylic acids is 1. The van der Waals surface area contributed by atoms with Crippen molar-refractivity contribution >= 4 is 29.2 Å². The van der Waals surface area contributed by atoms with Gasteiger partial charge in [-0.1, -0.05) is 42.1 Å². The lowest BCUT2D eigenvalue weighted by Crippen LogP contribution is -2.23. The molecule has 1 heterocycles. The molecule has 0 bridgehead atoms. The molecule has 1 atom stereocenters. The first-order valence-electron chi connectivity index (χ1n) is 9.79. The molecule has 1 aromatic carbocycles. The summed E-state index contributed by atoms with van der Waals surface area (Å²) in [4.78, 5) is 22.6. The molecule has 0 radical (unpaired) electrons. The van der Waals surface area contributed by atoms with Crippen LogP contribution in [0.5, 0.6) is 0 Å². The van der Waals surface area contributed by atoms with Crippen molar-refractivity contribution in [3.8, 4) is 6.07 Å². The third-order valence-corrected chi connectivity index (χ3v) is 6.28. The Bertz CT molecular complexity index is 1010. The van der Waals surface area contributed by atoms with Crippen LogP contribution in [0.2, 0.25) is 0 Å². The number of rotatable bonds is 9. The average molecular weight is 421 g/mol. The summed E-state index contributed by atoms with van der Waals surface area (Å²) in [6.07, 6.45) is 2.63. The number of carbonyl (C=O) groups is 1. The molecule has 1 aromatic heterocycles. The fraction of sp³-hybridized carbons (Fsp3) is 0.364. The minimum Gasteiger partial charge on any atom is -0.368 e. The summed E-state index contributed by atoms with van der Waals surface area (Å²) in [5.74, 6) is 0.201. The van der Waals surface area contributed by atoms with E-state index in [0.29, 0.717) is 35.2 Å². The van der Waals surface area contributed by atoms with Crippen LogP contribution in [-0.2, 0) is 4.79 Å². The fourth-order valence-electron chi connectivity index (χ4n) is 3.36. The second kappa shape index (κ2) is 9.62. The quantitative estimate of drug-likeness (QED) is 0.474. The van der Waals surface area contributed by atoms with E-state index in [4.69, 9.17) is 18.0 Å². The van der Waals surface area contributed by atoms with Gasteiger partial charge in [0.25, 0.3) is 0 Å². The number of primary amides is 1. The third kappa shape index (κ3) is 4.56. The van der Waals surface area contributed by atoms with Gasteiger partial charge in [0.15, 0.2) is 0 Å². The molecule has 1 amide bonds. The van der Waals surface area contributed by atoms with Crippen LogP contribution in [0.1, 0.15) is 47.1 Å². The summed E-state index contributed by atoms with van der Waals surface area (Å²) in [5.41, 5.74) is 13.6. The molecule has 3 rings (SSSR count). The highest BCUT2D eigenvalue weighted by molar-refractivity contribution is 8.00. The third-order valence-electron chi connectivity index (χ3n) is 5.02. The maximum Gasteiger partial charge on any atom is 0.235 e. The van der Waals surface area contributed by atoms with Crippen LogP contribution in [0.3, 0.4) is 0 Å². The lowest BCUT2D eigenvalue weighted by molar-refractivity contribution is -0.117. The van der Waals surface area contributed by atoms with E-state index in [-0.39, 0.29) is 5.92 Å². The average Bonchev–Trinajstić information content (AvgIpc) is 3.60. The van der Waals surface area contributed by atoms with Gasteiger partial charge in [-0.05, 0) is 42.9 Å². The molecule has 154 valence electrons. The number of pyridine rings is 1. The van der Waals surface area contributed by atoms with Gasteiger partial charge in [0.05, 0.1) is 12.1 Å². The van der Waals surface area contributed by atoms with E-state index in [1.54, 1.807) is 0 Å². The summed E-state index contributed by atoms with van der Waals surface area (Å²) in [5, 5.41) is 9.69. The molecule has 4 N–H and O–H groups in total. The van der Waals surface area contributed by atoms with Crippen LogP contribution in [-0.4, -0.2) is 31.0 Å². The summed E-state index contributed by atoms with van der Waals surface area (Å²) in [7, 11) is 1.87. The molecule has 0 spiro atoms. The number of hydrogen-bond donors (Lipinski definition) is 2. The van der Waals surface area contributed by atoms with E-state index in [1.807, 2.05) is 42.3 Å². The number of nitrogens with zero attached hydrogens (tertiary/aromatic N) is 4. The molecular weight excluding hydrogens is 396 g/mol. The van der Waals surface area contributed by atoms with Gasteiger partial charge < -0.3 is 16.4 Å². The molecule has 1 aliphatic rings. The number of nitriles is 1. The molecule has 30 heavy (non-hydrogen) atoms. The Labute approximate surface area is 180 Å². The Balaban J connectivity index is 2.13. The molecule has 1 fully saturated rings. The van der Waals surface area contributed by atoms with E-state index >= 15 is 0 Å². The summed E-state index contributed by atoms with van der Waals surface area (Å²) < 4.78 is 0. The highest BCUT2D eigenvalue weighted by Gasteiger charge is 2.34. The van der Waals surface area contributed by atoms with E-state index < -0.39 is 11.2 Å². The van der Waals surface area contributed by atoms with Gasteiger partial charge in [0.2, 0.25) is 11.6 Å². The molecule has 0 aliphatic heterocycles. The highest BCUT2D eigenvalue weighted by atomic mass is 32.2. The van der Waals surface area contributed by atoms with Crippen LogP contribution >= 0.6 is 11.8 Å². The van der Waals surface area contributed by atoms with Crippen LogP contribution in [0, 0.1) is 17.9 Å². The van der Waals surface area contributed by atoms with Crippen molar-refractivity contribution in [1.29, 1.82) is 5.26 Å². The molecular formula is C22H24N6OS. The lowest BCUT2D eigenvalue weighted by Gasteiger charge is -2.23. The van der Waals surface area contributed by atoms with E-state index in [0.717, 1.165) is 30.4 Å². The number of nitrogens with two attached hydrogens (primary N) is 2. The Hall–Kier alpha value is -3.07. The van der Waals surface area contributed by atoms with Gasteiger partial charge in [0, 0.05) is 13.6 Å². The molecule has 0 saturated heterocycles. The first-order valence-corrected chi connectivity index (χ1v) is 10.7. The predicted octanol–water partition coefficient (Wildman–Crippen LogP) is 3.49. The topological polar surface area (TPSA) is 113 Å². The number of anilines is 1. The Kier molecular flexibility index (Phi) is 6.94. The van der Waals surface area contributed by atoms with Crippen LogP contribution in [0.4, 0.5) is 11.5 Å². The summed E-state index contributed by atoms with van der Waals surface area (Å²) in [6.45, 7) is 8.92. The Morgan fingerprint density at radius 1 is 1.43 bits per heavy atom. The van der Waals surface area contributed by atoms with Crippen molar-refractivity contribution in [2.75, 3.05) is 25.0 Å². The van der Waals surface area contributed by atoms with Crippen LogP contribution in [0.15, 0.2) is 35.4 Å². The number of benzene rings is 1. The van der Waals surface area contributed by atoms with E-state index in [2.05, 4.69) is 15.9 Å². The largest absolute Gasteiger partial charge is 0.368 e. The fourth-order valence-corrected chi connectivity index (χ4v) is 4.41. The van der Waals surface area contributed by atoms with Gasteiger partial charge in [-0.25, -0.2) is 9.83 Å². The smallest absolute Gasteiger partial charge is 0.235 e. The molecule has 8 heteroatoms. The van der Waals surface area contributed by atoms with Crippen molar-refractivity contribution in [1.82, 2.24) is 4.98 Å². The number of aromatic nitrogens is 1. The maximum atomic E-state index is 12.2. The van der Waals surface area contributed by atoms with Gasteiger partial charge in [-0.15, -0.1) is 0 Å². The van der Waals surface area contributed by atoms with E-state index in [1.165, 1.54) is 11.8 Å². The number of amides is 1. The van der Waals surface area contributed by atoms with Crippen molar-refractivity contribution in [3.63, 3.8) is 0 Å². The standard InChI is InChI=1S/C22H24N6OS/c1-26-18-17(14-9-10-14)16(13-24)22(27-21(18)28(2)12-6-11-23)30-19(20(25)29)15-7-4-3-5-8-15/h3-5,7-8,14,19H,6,9-12,23H2,2H3,(H2,25,29). The second-order valence-electron chi connectivity index (χ2n) is 7.25. The Morgan fingerprint density at radius 2 is 2.13 bits per heavy atom. The SMILES string of the molecule is [C-]#[N+]c1c(N(C)CCCN)nc(SC(C(N)=O)c2ccccc2)c(C#N)c1C1CC1. The van der Waals surface area contributed by atoms with Crippen molar-refractivity contribution < 1.29 is 4.79 Å². The van der Waals surface area contributed by atoms with Gasteiger partial charge in [-0.2, -0.15) is 5.26 Å². The molecule has 7 nitrogen and oxygen atoms in total. The molecule has 1 unspecified atom stereocenters. The lowest BCUT2D eigenvalue weighted by atomic mass is 10.0.